The molecule has 2 N–H and O–H groups in total. The van der Waals surface area contributed by atoms with Gasteiger partial charge < -0.3 is 10.6 Å². The number of anilines is 1. The van der Waals surface area contributed by atoms with Gasteiger partial charge in [-0.25, -0.2) is 8.42 Å². The minimum atomic E-state index is -3.74. The Labute approximate surface area is 216 Å². The molecule has 1 saturated heterocycles. The second kappa shape index (κ2) is 11.7. The third kappa shape index (κ3) is 6.32. The number of halogens is 1. The van der Waals surface area contributed by atoms with Crippen molar-refractivity contribution in [3.05, 3.63) is 95.0 Å². The minimum absolute atomic E-state index is 0.0717. The first-order valence-corrected chi connectivity index (χ1v) is 13.6. The van der Waals surface area contributed by atoms with Crippen molar-refractivity contribution in [2.45, 2.75) is 24.2 Å². The van der Waals surface area contributed by atoms with Gasteiger partial charge in [-0.05, 0) is 61.2 Å². The number of carbonyl (C=O) groups is 2. The molecule has 1 atom stereocenters. The molecule has 188 valence electrons. The van der Waals surface area contributed by atoms with Crippen LogP contribution >= 0.6 is 11.6 Å². The Morgan fingerprint density at radius 2 is 1.64 bits per heavy atom. The number of benzene rings is 3. The maximum absolute atomic E-state index is 13.1. The summed E-state index contributed by atoms with van der Waals surface area (Å²) in [5.74, 6) is -1.12. The van der Waals surface area contributed by atoms with E-state index in [2.05, 4.69) is 10.6 Å². The van der Waals surface area contributed by atoms with Gasteiger partial charge >= 0.3 is 0 Å². The number of rotatable bonds is 8. The Morgan fingerprint density at radius 1 is 0.944 bits per heavy atom. The predicted molar refractivity (Wildman–Crippen MR) is 140 cm³/mol. The fourth-order valence-electron chi connectivity index (χ4n) is 4.22. The van der Waals surface area contributed by atoms with E-state index in [9.17, 15) is 18.0 Å². The van der Waals surface area contributed by atoms with Crippen LogP contribution in [0.2, 0.25) is 5.02 Å². The molecule has 0 aromatic heterocycles. The molecule has 0 spiro atoms. The number of nitrogens with one attached hydrogen (secondary N) is 2. The minimum Gasteiger partial charge on any atom is -0.352 e. The van der Waals surface area contributed by atoms with Gasteiger partial charge in [0.15, 0.2) is 0 Å². The van der Waals surface area contributed by atoms with Crippen LogP contribution in [-0.4, -0.2) is 44.2 Å². The summed E-state index contributed by atoms with van der Waals surface area (Å²) in [7, 11) is -3.74. The highest BCUT2D eigenvalue weighted by Gasteiger charge is 2.33. The quantitative estimate of drug-likeness (QED) is 0.457. The molecule has 1 heterocycles. The van der Waals surface area contributed by atoms with E-state index < -0.39 is 15.9 Å². The lowest BCUT2D eigenvalue weighted by atomic mass is 9.98. The lowest BCUT2D eigenvalue weighted by Crippen LogP contribution is -2.43. The Hall–Kier alpha value is -3.20. The van der Waals surface area contributed by atoms with Gasteiger partial charge in [0.1, 0.15) is 0 Å². The van der Waals surface area contributed by atoms with Crippen molar-refractivity contribution in [2.75, 3.05) is 25.0 Å². The van der Waals surface area contributed by atoms with Crippen LogP contribution in [0, 0.1) is 5.92 Å². The van der Waals surface area contributed by atoms with Crippen molar-refractivity contribution in [1.29, 1.82) is 0 Å². The van der Waals surface area contributed by atoms with Gasteiger partial charge in [0, 0.05) is 24.7 Å². The molecule has 0 radical (unpaired) electrons. The van der Waals surface area contributed by atoms with E-state index >= 15 is 0 Å². The summed E-state index contributed by atoms with van der Waals surface area (Å²) in [6.45, 7) is 0.878. The zero-order chi connectivity index (χ0) is 25.5. The van der Waals surface area contributed by atoms with Crippen LogP contribution in [0.4, 0.5) is 5.69 Å². The van der Waals surface area contributed by atoms with E-state index in [1.807, 2.05) is 30.3 Å². The number of hydrogen-bond acceptors (Lipinski definition) is 4. The molecular formula is C27H28ClN3O4S. The summed E-state index contributed by atoms with van der Waals surface area (Å²) in [5.41, 5.74) is 1.88. The van der Waals surface area contributed by atoms with Crippen molar-refractivity contribution >= 4 is 39.1 Å². The zero-order valence-corrected chi connectivity index (χ0v) is 21.3. The third-order valence-electron chi connectivity index (χ3n) is 6.18. The van der Waals surface area contributed by atoms with Crippen molar-refractivity contribution in [2.24, 2.45) is 5.92 Å². The molecule has 7 nitrogen and oxygen atoms in total. The summed E-state index contributed by atoms with van der Waals surface area (Å²) >= 11 is 5.89. The normalized spacial score (nSPS) is 16.3. The van der Waals surface area contributed by atoms with Crippen LogP contribution in [-0.2, 0) is 21.2 Å². The molecule has 1 fully saturated rings. The van der Waals surface area contributed by atoms with Crippen LogP contribution in [0.3, 0.4) is 0 Å². The number of amides is 2. The first-order valence-electron chi connectivity index (χ1n) is 11.8. The van der Waals surface area contributed by atoms with Crippen molar-refractivity contribution in [3.8, 4) is 0 Å². The van der Waals surface area contributed by atoms with Crippen molar-refractivity contribution < 1.29 is 18.0 Å². The Kier molecular flexibility index (Phi) is 8.40. The SMILES string of the molecule is O=C(NCCc1ccccc1)c1ccccc1NC(=O)[C@@H]1CCCN(S(=O)(=O)c2ccc(Cl)cc2)C1. The average molecular weight is 526 g/mol. The number of hydrogen-bond donors (Lipinski definition) is 2. The van der Waals surface area contributed by atoms with E-state index in [4.69, 9.17) is 11.6 Å². The molecule has 3 aromatic carbocycles. The van der Waals surface area contributed by atoms with Gasteiger partial charge in [0.2, 0.25) is 15.9 Å². The van der Waals surface area contributed by atoms with Gasteiger partial charge in [-0.2, -0.15) is 4.31 Å². The van der Waals surface area contributed by atoms with E-state index in [1.165, 1.54) is 28.6 Å². The second-order valence-electron chi connectivity index (χ2n) is 8.68. The Balaban J connectivity index is 1.39. The maximum Gasteiger partial charge on any atom is 0.253 e. The van der Waals surface area contributed by atoms with Crippen molar-refractivity contribution in [3.63, 3.8) is 0 Å². The van der Waals surface area contributed by atoms with Gasteiger partial charge in [-0.15, -0.1) is 0 Å². The lowest BCUT2D eigenvalue weighted by molar-refractivity contribution is -0.120. The molecule has 0 saturated carbocycles. The predicted octanol–water partition coefficient (Wildman–Crippen LogP) is 4.35. The molecule has 4 rings (SSSR count). The fourth-order valence-corrected chi connectivity index (χ4v) is 5.87. The highest BCUT2D eigenvalue weighted by Crippen LogP contribution is 2.26. The standard InChI is InChI=1S/C27H28ClN3O4S/c28-22-12-14-23(15-13-22)36(34,35)31-18-6-9-21(19-31)26(32)30-25-11-5-4-10-24(25)27(33)29-17-16-20-7-2-1-3-8-20/h1-5,7-8,10-15,21H,6,9,16-19H2,(H,29,33)(H,30,32)/t21-/m1/s1. The molecule has 1 aliphatic rings. The van der Waals surface area contributed by atoms with E-state index in [0.29, 0.717) is 48.6 Å². The molecule has 0 aliphatic carbocycles. The smallest absolute Gasteiger partial charge is 0.253 e. The summed E-state index contributed by atoms with van der Waals surface area (Å²) < 4.78 is 27.5. The van der Waals surface area contributed by atoms with E-state index in [-0.39, 0.29) is 23.3 Å². The number of carbonyl (C=O) groups excluding carboxylic acids is 2. The molecule has 1 aliphatic heterocycles. The molecular weight excluding hydrogens is 498 g/mol. The van der Waals surface area contributed by atoms with Crippen LogP contribution in [0.25, 0.3) is 0 Å². The molecule has 9 heteroatoms. The Bertz CT molecular complexity index is 1310. The summed E-state index contributed by atoms with van der Waals surface area (Å²) in [5, 5.41) is 6.20. The monoisotopic (exact) mass is 525 g/mol. The second-order valence-corrected chi connectivity index (χ2v) is 11.1. The number of sulfonamides is 1. The third-order valence-corrected chi connectivity index (χ3v) is 8.31. The van der Waals surface area contributed by atoms with Crippen LogP contribution in [0.1, 0.15) is 28.8 Å². The Morgan fingerprint density at radius 3 is 2.39 bits per heavy atom. The number of piperidine rings is 1. The van der Waals surface area contributed by atoms with Crippen LogP contribution < -0.4 is 10.6 Å². The van der Waals surface area contributed by atoms with Gasteiger partial charge in [0.25, 0.3) is 5.91 Å². The number of para-hydroxylation sites is 1. The van der Waals surface area contributed by atoms with Gasteiger partial charge in [-0.1, -0.05) is 54.1 Å². The van der Waals surface area contributed by atoms with E-state index in [0.717, 1.165) is 5.56 Å². The first kappa shape index (κ1) is 25.9. The molecule has 0 unspecified atom stereocenters. The van der Waals surface area contributed by atoms with Gasteiger partial charge in [0.05, 0.1) is 22.1 Å². The zero-order valence-electron chi connectivity index (χ0n) is 19.7. The fraction of sp³-hybridized carbons (Fsp3) is 0.259. The maximum atomic E-state index is 13.1. The first-order chi connectivity index (χ1) is 17.3. The van der Waals surface area contributed by atoms with Gasteiger partial charge in [-0.3, -0.25) is 9.59 Å². The van der Waals surface area contributed by atoms with Crippen LogP contribution in [0.15, 0.2) is 83.8 Å². The van der Waals surface area contributed by atoms with Crippen molar-refractivity contribution in [1.82, 2.24) is 9.62 Å². The molecule has 0 bridgehead atoms. The number of nitrogens with zero attached hydrogens (tertiary/aromatic N) is 1. The summed E-state index contributed by atoms with van der Waals surface area (Å²) in [6.07, 6.45) is 1.82. The molecule has 3 aromatic rings. The topological polar surface area (TPSA) is 95.6 Å². The highest BCUT2D eigenvalue weighted by molar-refractivity contribution is 7.89. The largest absolute Gasteiger partial charge is 0.352 e. The summed E-state index contributed by atoms with van der Waals surface area (Å²) in [6, 6.07) is 22.7. The van der Waals surface area contributed by atoms with E-state index in [1.54, 1.807) is 24.3 Å². The summed E-state index contributed by atoms with van der Waals surface area (Å²) in [4.78, 5) is 26.1. The average Bonchev–Trinajstić information content (AvgIpc) is 2.90. The molecule has 36 heavy (non-hydrogen) atoms. The lowest BCUT2D eigenvalue weighted by Gasteiger charge is -2.31. The highest BCUT2D eigenvalue weighted by atomic mass is 35.5. The molecule has 2 amide bonds. The van der Waals surface area contributed by atoms with Crippen LogP contribution in [0.5, 0.6) is 0 Å².